The van der Waals surface area contributed by atoms with E-state index in [9.17, 15) is 0 Å². The Balaban J connectivity index is 2.79. The van der Waals surface area contributed by atoms with Crippen molar-refractivity contribution in [1.82, 2.24) is 0 Å². The van der Waals surface area contributed by atoms with Crippen LogP contribution in [0.1, 0.15) is 24.0 Å². The Kier molecular flexibility index (Phi) is 3.72. The van der Waals surface area contributed by atoms with Crippen LogP contribution in [0.25, 0.3) is 0 Å². The van der Waals surface area contributed by atoms with Crippen molar-refractivity contribution in [2.24, 2.45) is 0 Å². The van der Waals surface area contributed by atoms with Crippen LogP contribution in [0.5, 0.6) is 0 Å². The number of benzene rings is 1. The van der Waals surface area contributed by atoms with E-state index >= 15 is 0 Å². The van der Waals surface area contributed by atoms with E-state index in [1.54, 1.807) is 6.92 Å². The lowest BCUT2D eigenvalue weighted by Gasteiger charge is -2.13. The molecule has 0 aromatic heterocycles. The Bertz CT molecular complexity index is 256. The minimum absolute atomic E-state index is 0.260. The fourth-order valence-electron chi connectivity index (χ4n) is 1.08. The molecule has 0 aliphatic rings. The summed E-state index contributed by atoms with van der Waals surface area (Å²) >= 11 is 5.62. The Hall–Kier alpha value is -0.570. The van der Waals surface area contributed by atoms with Gasteiger partial charge < -0.3 is 10.2 Å². The van der Waals surface area contributed by atoms with E-state index in [0.29, 0.717) is 5.88 Å². The van der Waals surface area contributed by atoms with Crippen LogP contribution in [-0.2, 0) is 5.88 Å². The van der Waals surface area contributed by atoms with Crippen molar-refractivity contribution in [1.29, 1.82) is 0 Å². The Labute approximate surface area is 82.8 Å². The van der Waals surface area contributed by atoms with Gasteiger partial charge in [-0.15, -0.1) is 11.6 Å². The summed E-state index contributed by atoms with van der Waals surface area (Å²) in [6.07, 6.45) is -1.30. The van der Waals surface area contributed by atoms with Crippen molar-refractivity contribution >= 4 is 11.6 Å². The number of aliphatic hydroxyl groups excluding tert-OH is 1. The van der Waals surface area contributed by atoms with E-state index in [-0.39, 0.29) is 5.92 Å². The van der Waals surface area contributed by atoms with Crippen molar-refractivity contribution in [2.45, 2.75) is 25.0 Å². The summed E-state index contributed by atoms with van der Waals surface area (Å²) < 4.78 is 0. The van der Waals surface area contributed by atoms with Crippen molar-refractivity contribution < 1.29 is 10.2 Å². The second-order valence-corrected chi connectivity index (χ2v) is 3.34. The second kappa shape index (κ2) is 4.61. The van der Waals surface area contributed by atoms with Crippen molar-refractivity contribution in [3.8, 4) is 0 Å². The van der Waals surface area contributed by atoms with Gasteiger partial charge in [-0.05, 0) is 11.1 Å². The standard InChI is InChI=1S/C10H13ClO2/c1-7(10(12)13)9-4-2-8(6-11)3-5-9/h2-5,7,10,12-13H,6H2,1H3. The molecular weight excluding hydrogens is 188 g/mol. The van der Waals surface area contributed by atoms with Crippen LogP contribution in [0.15, 0.2) is 24.3 Å². The molecule has 13 heavy (non-hydrogen) atoms. The average Bonchev–Trinajstić information content (AvgIpc) is 2.17. The average molecular weight is 201 g/mol. The van der Waals surface area contributed by atoms with Crippen molar-refractivity contribution in [2.75, 3.05) is 0 Å². The summed E-state index contributed by atoms with van der Waals surface area (Å²) in [5.74, 6) is 0.223. The molecule has 1 unspecified atom stereocenters. The maximum absolute atomic E-state index is 8.93. The van der Waals surface area contributed by atoms with Crippen LogP contribution in [0.2, 0.25) is 0 Å². The first-order valence-corrected chi connectivity index (χ1v) is 4.69. The largest absolute Gasteiger partial charge is 0.368 e. The molecule has 0 heterocycles. The normalized spacial score (nSPS) is 13.3. The highest BCUT2D eigenvalue weighted by Gasteiger charge is 2.12. The number of aliphatic hydroxyl groups is 2. The Morgan fingerprint density at radius 1 is 1.23 bits per heavy atom. The van der Waals surface area contributed by atoms with Gasteiger partial charge in [-0.25, -0.2) is 0 Å². The summed E-state index contributed by atoms with van der Waals surface area (Å²) in [7, 11) is 0. The van der Waals surface area contributed by atoms with Gasteiger partial charge in [-0.1, -0.05) is 31.2 Å². The van der Waals surface area contributed by atoms with Gasteiger partial charge in [-0.2, -0.15) is 0 Å². The van der Waals surface area contributed by atoms with Crippen LogP contribution in [0.3, 0.4) is 0 Å². The fraction of sp³-hybridized carbons (Fsp3) is 0.400. The van der Waals surface area contributed by atoms with E-state index in [1.165, 1.54) is 0 Å². The van der Waals surface area contributed by atoms with Crippen molar-refractivity contribution in [3.05, 3.63) is 35.4 Å². The summed E-state index contributed by atoms with van der Waals surface area (Å²) in [6.45, 7) is 1.76. The first-order chi connectivity index (χ1) is 6.15. The van der Waals surface area contributed by atoms with E-state index < -0.39 is 6.29 Å². The number of hydrogen-bond acceptors (Lipinski definition) is 2. The molecule has 1 atom stereocenters. The molecule has 2 nitrogen and oxygen atoms in total. The van der Waals surface area contributed by atoms with Crippen LogP contribution >= 0.6 is 11.6 Å². The van der Waals surface area contributed by atoms with E-state index in [0.717, 1.165) is 11.1 Å². The molecular formula is C10H13ClO2. The van der Waals surface area contributed by atoms with Gasteiger partial charge in [0.25, 0.3) is 0 Å². The van der Waals surface area contributed by atoms with Gasteiger partial charge in [0.15, 0.2) is 6.29 Å². The van der Waals surface area contributed by atoms with E-state index in [1.807, 2.05) is 24.3 Å². The first-order valence-electron chi connectivity index (χ1n) is 4.16. The zero-order valence-corrected chi connectivity index (χ0v) is 8.20. The molecule has 0 spiro atoms. The molecule has 0 amide bonds. The highest BCUT2D eigenvalue weighted by atomic mass is 35.5. The minimum atomic E-state index is -1.30. The van der Waals surface area contributed by atoms with Crippen LogP contribution in [0.4, 0.5) is 0 Å². The zero-order chi connectivity index (χ0) is 9.84. The fourth-order valence-corrected chi connectivity index (χ4v) is 1.26. The molecule has 1 aromatic rings. The number of halogens is 1. The number of rotatable bonds is 3. The van der Waals surface area contributed by atoms with Gasteiger partial charge in [0.2, 0.25) is 0 Å². The molecule has 0 radical (unpaired) electrons. The molecule has 0 saturated heterocycles. The first kappa shape index (κ1) is 10.5. The minimum Gasteiger partial charge on any atom is -0.368 e. The summed E-state index contributed by atoms with van der Waals surface area (Å²) in [6, 6.07) is 7.51. The summed E-state index contributed by atoms with van der Waals surface area (Å²) in [5, 5.41) is 17.9. The van der Waals surface area contributed by atoms with Crippen LogP contribution < -0.4 is 0 Å². The zero-order valence-electron chi connectivity index (χ0n) is 7.44. The molecule has 0 bridgehead atoms. The van der Waals surface area contributed by atoms with Gasteiger partial charge in [-0.3, -0.25) is 0 Å². The molecule has 0 fully saturated rings. The third-order valence-corrected chi connectivity index (χ3v) is 2.42. The molecule has 72 valence electrons. The predicted molar refractivity (Wildman–Crippen MR) is 52.6 cm³/mol. The van der Waals surface area contributed by atoms with E-state index in [2.05, 4.69) is 0 Å². The topological polar surface area (TPSA) is 40.5 Å². The van der Waals surface area contributed by atoms with Gasteiger partial charge in [0.05, 0.1) is 0 Å². The van der Waals surface area contributed by atoms with Crippen molar-refractivity contribution in [3.63, 3.8) is 0 Å². The van der Waals surface area contributed by atoms with Gasteiger partial charge in [0, 0.05) is 11.8 Å². The third kappa shape index (κ3) is 2.69. The second-order valence-electron chi connectivity index (χ2n) is 3.08. The Morgan fingerprint density at radius 3 is 2.15 bits per heavy atom. The molecule has 0 aliphatic carbocycles. The van der Waals surface area contributed by atoms with E-state index in [4.69, 9.17) is 21.8 Å². The SMILES string of the molecule is CC(c1ccc(CCl)cc1)C(O)O. The summed E-state index contributed by atoms with van der Waals surface area (Å²) in [5.41, 5.74) is 1.94. The Morgan fingerprint density at radius 2 is 1.77 bits per heavy atom. The summed E-state index contributed by atoms with van der Waals surface area (Å²) in [4.78, 5) is 0. The lowest BCUT2D eigenvalue weighted by atomic mass is 10.00. The highest BCUT2D eigenvalue weighted by molar-refractivity contribution is 6.17. The highest BCUT2D eigenvalue weighted by Crippen LogP contribution is 2.18. The smallest absolute Gasteiger partial charge is 0.158 e. The predicted octanol–water partition coefficient (Wildman–Crippen LogP) is 1.84. The molecule has 1 aromatic carbocycles. The third-order valence-electron chi connectivity index (χ3n) is 2.11. The molecule has 3 heteroatoms. The lowest BCUT2D eigenvalue weighted by Crippen LogP contribution is -2.14. The van der Waals surface area contributed by atoms with Gasteiger partial charge in [0.1, 0.15) is 0 Å². The van der Waals surface area contributed by atoms with Crippen LogP contribution in [0, 0.1) is 0 Å². The molecule has 2 N–H and O–H groups in total. The van der Waals surface area contributed by atoms with Gasteiger partial charge >= 0.3 is 0 Å². The molecule has 0 aliphatic heterocycles. The number of hydrogen-bond donors (Lipinski definition) is 2. The number of alkyl halides is 1. The van der Waals surface area contributed by atoms with Crippen LogP contribution in [-0.4, -0.2) is 16.5 Å². The maximum atomic E-state index is 8.93. The lowest BCUT2D eigenvalue weighted by molar-refractivity contribution is -0.0561. The quantitative estimate of drug-likeness (QED) is 0.578. The molecule has 0 saturated carbocycles. The maximum Gasteiger partial charge on any atom is 0.158 e. The monoisotopic (exact) mass is 200 g/mol. The molecule has 1 rings (SSSR count).